The van der Waals surface area contributed by atoms with E-state index in [1.165, 1.54) is 22.7 Å². The number of nitrogens with zero attached hydrogens (tertiary/aromatic N) is 2. The zero-order chi connectivity index (χ0) is 22.0. The summed E-state index contributed by atoms with van der Waals surface area (Å²) >= 11 is 0. The fourth-order valence-electron chi connectivity index (χ4n) is 4.00. The van der Waals surface area contributed by atoms with Gasteiger partial charge in [-0.1, -0.05) is 26.0 Å². The molecular weight excluding hydrogens is 399 g/mol. The van der Waals surface area contributed by atoms with Crippen LogP contribution < -0.4 is 10.9 Å². The molecule has 1 saturated heterocycles. The number of fused-ring (bicyclic) bond motifs is 1. The van der Waals surface area contributed by atoms with Crippen LogP contribution in [0.15, 0.2) is 41.2 Å². The van der Waals surface area contributed by atoms with Gasteiger partial charge in [-0.2, -0.15) is 0 Å². The lowest BCUT2D eigenvalue weighted by atomic mass is 9.97. The molecule has 1 aliphatic rings. The Morgan fingerprint density at radius 2 is 1.97 bits per heavy atom. The van der Waals surface area contributed by atoms with Crippen LogP contribution in [-0.2, 0) is 16.0 Å². The molecule has 1 fully saturated rings. The average molecular weight is 426 g/mol. The first-order valence-electron chi connectivity index (χ1n) is 10.6. The summed E-state index contributed by atoms with van der Waals surface area (Å²) in [5.74, 6) is -0.201. The normalized spacial score (nSPS) is 16.0. The molecule has 1 aromatic carbocycles. The van der Waals surface area contributed by atoms with Gasteiger partial charge in [-0.3, -0.25) is 14.7 Å². The van der Waals surface area contributed by atoms with Crippen LogP contribution in [0.1, 0.15) is 55.6 Å². The molecule has 0 unspecified atom stereocenters. The van der Waals surface area contributed by atoms with E-state index in [1.807, 2.05) is 19.9 Å². The number of benzene rings is 1. The van der Waals surface area contributed by atoms with Crippen LogP contribution in [0.3, 0.4) is 0 Å². The molecule has 31 heavy (non-hydrogen) atoms. The molecule has 2 aromatic heterocycles. The molecule has 0 radical (unpaired) electrons. The summed E-state index contributed by atoms with van der Waals surface area (Å²) in [5, 5.41) is 6.16. The predicted molar refractivity (Wildman–Crippen MR) is 114 cm³/mol. The smallest absolute Gasteiger partial charge is 0.272 e. The molecule has 7 nitrogen and oxygen atoms in total. The van der Waals surface area contributed by atoms with Gasteiger partial charge in [0, 0.05) is 37.0 Å². The topological polar surface area (TPSA) is 88.5 Å². The van der Waals surface area contributed by atoms with E-state index in [0.29, 0.717) is 30.5 Å². The number of amides is 1. The second-order valence-electron chi connectivity index (χ2n) is 8.40. The van der Waals surface area contributed by atoms with Gasteiger partial charge in [0.25, 0.3) is 5.56 Å². The molecule has 0 bridgehead atoms. The van der Waals surface area contributed by atoms with Crippen molar-refractivity contribution in [1.29, 1.82) is 0 Å². The SMILES string of the molecule is CC(C)[C@@H](NC(=O)Cc1ccc(F)cc1)c1cc(=O)n2[nH]c(C3CCOCC3)cc2n1. The molecule has 1 amide bonds. The van der Waals surface area contributed by atoms with Gasteiger partial charge < -0.3 is 10.1 Å². The number of hydrogen-bond acceptors (Lipinski definition) is 4. The maximum absolute atomic E-state index is 13.1. The number of aromatic nitrogens is 3. The number of aromatic amines is 1. The highest BCUT2D eigenvalue weighted by Crippen LogP contribution is 2.26. The summed E-state index contributed by atoms with van der Waals surface area (Å²) in [4.78, 5) is 30.0. The number of H-pyrrole nitrogens is 1. The number of ether oxygens (including phenoxy) is 1. The van der Waals surface area contributed by atoms with E-state index in [-0.39, 0.29) is 29.6 Å². The first kappa shape index (κ1) is 21.2. The van der Waals surface area contributed by atoms with Gasteiger partial charge in [-0.15, -0.1) is 0 Å². The van der Waals surface area contributed by atoms with Crippen LogP contribution in [-0.4, -0.2) is 33.7 Å². The van der Waals surface area contributed by atoms with Crippen LogP contribution >= 0.6 is 0 Å². The molecule has 1 aliphatic heterocycles. The van der Waals surface area contributed by atoms with Crippen LogP contribution in [0.2, 0.25) is 0 Å². The maximum atomic E-state index is 13.1. The van der Waals surface area contributed by atoms with Gasteiger partial charge in [-0.25, -0.2) is 13.9 Å². The quantitative estimate of drug-likeness (QED) is 0.634. The summed E-state index contributed by atoms with van der Waals surface area (Å²) in [6.45, 7) is 5.36. The lowest BCUT2D eigenvalue weighted by Gasteiger charge is -2.22. The van der Waals surface area contributed by atoms with E-state index < -0.39 is 6.04 Å². The van der Waals surface area contributed by atoms with Crippen molar-refractivity contribution >= 4 is 11.6 Å². The minimum Gasteiger partial charge on any atom is -0.381 e. The van der Waals surface area contributed by atoms with Gasteiger partial charge in [0.2, 0.25) is 5.91 Å². The highest BCUT2D eigenvalue weighted by atomic mass is 19.1. The molecule has 0 saturated carbocycles. The molecule has 2 N–H and O–H groups in total. The van der Waals surface area contributed by atoms with Crippen molar-refractivity contribution in [2.24, 2.45) is 5.92 Å². The van der Waals surface area contributed by atoms with Crippen molar-refractivity contribution in [3.63, 3.8) is 0 Å². The van der Waals surface area contributed by atoms with E-state index in [9.17, 15) is 14.0 Å². The molecule has 4 rings (SSSR count). The van der Waals surface area contributed by atoms with E-state index in [1.54, 1.807) is 12.1 Å². The average Bonchev–Trinajstić information content (AvgIpc) is 3.19. The summed E-state index contributed by atoms with van der Waals surface area (Å²) < 4.78 is 20.0. The van der Waals surface area contributed by atoms with Crippen molar-refractivity contribution < 1.29 is 13.9 Å². The van der Waals surface area contributed by atoms with Crippen molar-refractivity contribution in [3.8, 4) is 0 Å². The number of carbonyl (C=O) groups is 1. The molecule has 0 spiro atoms. The molecule has 0 aliphatic carbocycles. The maximum Gasteiger partial charge on any atom is 0.272 e. The Morgan fingerprint density at radius 1 is 1.26 bits per heavy atom. The molecule has 3 heterocycles. The molecule has 3 aromatic rings. The lowest BCUT2D eigenvalue weighted by Crippen LogP contribution is -2.34. The Labute approximate surface area is 179 Å². The Morgan fingerprint density at radius 3 is 2.65 bits per heavy atom. The first-order chi connectivity index (χ1) is 14.9. The third kappa shape index (κ3) is 4.85. The van der Waals surface area contributed by atoms with E-state index >= 15 is 0 Å². The van der Waals surface area contributed by atoms with Crippen LogP contribution in [0.5, 0.6) is 0 Å². The monoisotopic (exact) mass is 426 g/mol. The number of nitrogens with one attached hydrogen (secondary N) is 2. The zero-order valence-corrected chi connectivity index (χ0v) is 17.7. The van der Waals surface area contributed by atoms with Crippen molar-refractivity contribution in [1.82, 2.24) is 19.9 Å². The Hall–Kier alpha value is -3.00. The second-order valence-corrected chi connectivity index (χ2v) is 8.40. The van der Waals surface area contributed by atoms with Gasteiger partial charge in [0.1, 0.15) is 5.82 Å². The molecular formula is C23H27FN4O3. The highest BCUT2D eigenvalue weighted by Gasteiger charge is 2.23. The first-order valence-corrected chi connectivity index (χ1v) is 10.6. The fourth-order valence-corrected chi connectivity index (χ4v) is 4.00. The Balaban J connectivity index is 1.57. The predicted octanol–water partition coefficient (Wildman–Crippen LogP) is 3.11. The minimum absolute atomic E-state index is 0.0282. The standard InChI is InChI=1S/C23H27FN4O3/c1-14(2)23(26-21(29)11-15-3-5-17(24)6-4-15)19-13-22(30)28-20(25-19)12-18(27-28)16-7-9-31-10-8-16/h3-6,12-14,16,23,27H,7-11H2,1-2H3,(H,26,29)/t23-/m1/s1. The van der Waals surface area contributed by atoms with Gasteiger partial charge >= 0.3 is 0 Å². The van der Waals surface area contributed by atoms with Crippen LogP contribution in [0.25, 0.3) is 5.65 Å². The van der Waals surface area contributed by atoms with Gasteiger partial charge in [-0.05, 0) is 36.5 Å². The number of halogens is 1. The Bertz CT molecular complexity index is 1110. The third-order valence-corrected chi connectivity index (χ3v) is 5.73. The van der Waals surface area contributed by atoms with Crippen LogP contribution in [0.4, 0.5) is 4.39 Å². The lowest BCUT2D eigenvalue weighted by molar-refractivity contribution is -0.121. The second kappa shape index (κ2) is 9.01. The molecule has 164 valence electrons. The highest BCUT2D eigenvalue weighted by molar-refractivity contribution is 5.79. The van der Waals surface area contributed by atoms with E-state index in [4.69, 9.17) is 4.74 Å². The molecule has 1 atom stereocenters. The van der Waals surface area contributed by atoms with Gasteiger partial charge in [0.05, 0.1) is 18.2 Å². The van der Waals surface area contributed by atoms with Crippen molar-refractivity contribution in [2.45, 2.75) is 45.1 Å². The molecule has 8 heteroatoms. The Kier molecular flexibility index (Phi) is 6.18. The summed E-state index contributed by atoms with van der Waals surface area (Å²) in [6.07, 6.45) is 1.94. The van der Waals surface area contributed by atoms with E-state index in [2.05, 4.69) is 15.4 Å². The number of rotatable bonds is 6. The third-order valence-electron chi connectivity index (χ3n) is 5.73. The summed E-state index contributed by atoms with van der Waals surface area (Å²) in [7, 11) is 0. The van der Waals surface area contributed by atoms with Crippen molar-refractivity contribution in [3.05, 3.63) is 69.5 Å². The van der Waals surface area contributed by atoms with Crippen molar-refractivity contribution in [2.75, 3.05) is 13.2 Å². The van der Waals surface area contributed by atoms with E-state index in [0.717, 1.165) is 24.1 Å². The summed E-state index contributed by atoms with van der Waals surface area (Å²) in [5.41, 5.74) is 2.56. The summed E-state index contributed by atoms with van der Waals surface area (Å²) in [6, 6.07) is 8.83. The van der Waals surface area contributed by atoms with Gasteiger partial charge in [0.15, 0.2) is 5.65 Å². The number of hydrogen-bond donors (Lipinski definition) is 2. The fraction of sp³-hybridized carbons (Fsp3) is 0.435. The largest absolute Gasteiger partial charge is 0.381 e. The van der Waals surface area contributed by atoms with Crippen LogP contribution in [0, 0.1) is 11.7 Å². The minimum atomic E-state index is -0.410. The number of carbonyl (C=O) groups excluding carboxylic acids is 1. The zero-order valence-electron chi connectivity index (χ0n) is 17.7.